The molecular weight excluding hydrogens is 352 g/mol. The van der Waals surface area contributed by atoms with Crippen molar-refractivity contribution in [2.75, 3.05) is 18.2 Å². The molecule has 0 atom stereocenters. The number of nitrogens with two attached hydrogens (primary N) is 1. The molecule has 0 bridgehead atoms. The Balaban J connectivity index is 1.93. The van der Waals surface area contributed by atoms with Gasteiger partial charge in [0.2, 0.25) is 0 Å². The Morgan fingerprint density at radius 1 is 1.23 bits per heavy atom. The van der Waals surface area contributed by atoms with Gasteiger partial charge in [0.15, 0.2) is 0 Å². The number of carbonyl (C=O) groups excluding carboxylic acids is 1. The zero-order valence-electron chi connectivity index (χ0n) is 14.7. The van der Waals surface area contributed by atoms with Crippen molar-refractivity contribution in [2.45, 2.75) is 13.8 Å². The minimum atomic E-state index is -0.375. The monoisotopic (exact) mass is 370 g/mol. The number of nitrogens with one attached hydrogen (secondary N) is 1. The lowest BCUT2D eigenvalue weighted by atomic mass is 10.1. The number of carbonyl (C=O) groups is 1. The Bertz CT molecular complexity index is 982. The molecule has 0 aliphatic rings. The summed E-state index contributed by atoms with van der Waals surface area (Å²) >= 11 is 5.95. The molecule has 3 N–H and O–H groups in total. The van der Waals surface area contributed by atoms with Crippen molar-refractivity contribution in [3.63, 3.8) is 0 Å². The first-order chi connectivity index (χ1) is 12.4. The van der Waals surface area contributed by atoms with E-state index in [0.29, 0.717) is 16.5 Å². The van der Waals surface area contributed by atoms with Crippen LogP contribution >= 0.6 is 11.6 Å². The molecule has 0 spiro atoms. The highest BCUT2D eigenvalue weighted by molar-refractivity contribution is 6.30. The number of rotatable bonds is 4. The first kappa shape index (κ1) is 17.8. The average Bonchev–Trinajstić information content (AvgIpc) is 3.00. The summed E-state index contributed by atoms with van der Waals surface area (Å²) in [6.07, 6.45) is 1.45. The van der Waals surface area contributed by atoms with Crippen molar-refractivity contribution < 1.29 is 9.53 Å². The van der Waals surface area contributed by atoms with E-state index in [0.717, 1.165) is 16.8 Å². The summed E-state index contributed by atoms with van der Waals surface area (Å²) in [6, 6.07) is 10.9. The van der Waals surface area contributed by atoms with Crippen LogP contribution in [0.4, 0.5) is 11.5 Å². The summed E-state index contributed by atoms with van der Waals surface area (Å²) in [5, 5.41) is 7.58. The second kappa shape index (κ2) is 7.09. The summed E-state index contributed by atoms with van der Waals surface area (Å²) in [5.41, 5.74) is 9.90. The van der Waals surface area contributed by atoms with Gasteiger partial charge < -0.3 is 15.8 Å². The van der Waals surface area contributed by atoms with Crippen LogP contribution in [0, 0.1) is 13.8 Å². The lowest BCUT2D eigenvalue weighted by Gasteiger charge is -2.11. The fraction of sp³-hybridized carbons (Fsp3) is 0.158. The molecule has 0 saturated carbocycles. The summed E-state index contributed by atoms with van der Waals surface area (Å²) in [7, 11) is 1.51. The standard InChI is InChI=1S/C19H19ClN4O2/c1-11-4-5-12(2)16(8-11)24-18(21)14(10-22-24)19(25)23-15-7-6-13(20)9-17(15)26-3/h4-10H,21H2,1-3H3,(H,23,25). The van der Waals surface area contributed by atoms with E-state index in [9.17, 15) is 4.79 Å². The van der Waals surface area contributed by atoms with Crippen LogP contribution in [0.25, 0.3) is 5.69 Å². The van der Waals surface area contributed by atoms with E-state index in [2.05, 4.69) is 10.4 Å². The second-order valence-electron chi connectivity index (χ2n) is 5.94. The summed E-state index contributed by atoms with van der Waals surface area (Å²) in [5.74, 6) is 0.357. The van der Waals surface area contributed by atoms with Gasteiger partial charge in [0.25, 0.3) is 5.91 Å². The number of aryl methyl sites for hydroxylation is 2. The number of benzene rings is 2. The molecule has 0 aliphatic heterocycles. The smallest absolute Gasteiger partial charge is 0.261 e. The molecule has 26 heavy (non-hydrogen) atoms. The Labute approximate surface area is 156 Å². The van der Waals surface area contributed by atoms with Gasteiger partial charge in [0.05, 0.1) is 24.7 Å². The highest BCUT2D eigenvalue weighted by Gasteiger charge is 2.18. The summed E-state index contributed by atoms with van der Waals surface area (Å²) in [6.45, 7) is 3.96. The van der Waals surface area contributed by atoms with Crippen LogP contribution in [-0.4, -0.2) is 22.8 Å². The molecule has 0 unspecified atom stereocenters. The number of hydrogen-bond donors (Lipinski definition) is 2. The number of anilines is 2. The van der Waals surface area contributed by atoms with Crippen LogP contribution in [0.5, 0.6) is 5.75 Å². The normalized spacial score (nSPS) is 10.6. The maximum Gasteiger partial charge on any atom is 0.261 e. The Kier molecular flexibility index (Phi) is 4.86. The third-order valence-electron chi connectivity index (χ3n) is 4.06. The number of aromatic nitrogens is 2. The molecule has 0 radical (unpaired) electrons. The van der Waals surface area contributed by atoms with Gasteiger partial charge in [0, 0.05) is 11.1 Å². The highest BCUT2D eigenvalue weighted by Crippen LogP contribution is 2.29. The number of ether oxygens (including phenoxy) is 1. The molecule has 3 aromatic rings. The van der Waals surface area contributed by atoms with Crippen molar-refractivity contribution in [3.05, 3.63) is 64.3 Å². The highest BCUT2D eigenvalue weighted by atomic mass is 35.5. The van der Waals surface area contributed by atoms with Crippen LogP contribution < -0.4 is 15.8 Å². The maximum absolute atomic E-state index is 12.7. The number of nitrogen functional groups attached to an aromatic ring is 1. The van der Waals surface area contributed by atoms with E-state index in [1.54, 1.807) is 22.9 Å². The van der Waals surface area contributed by atoms with Crippen LogP contribution in [0.3, 0.4) is 0 Å². The van der Waals surface area contributed by atoms with Crippen molar-refractivity contribution in [3.8, 4) is 11.4 Å². The SMILES string of the molecule is COc1cc(Cl)ccc1NC(=O)c1cnn(-c2cc(C)ccc2C)c1N. The zero-order valence-corrected chi connectivity index (χ0v) is 15.5. The lowest BCUT2D eigenvalue weighted by molar-refractivity contribution is 0.102. The maximum atomic E-state index is 12.7. The number of nitrogens with zero attached hydrogens (tertiary/aromatic N) is 2. The largest absolute Gasteiger partial charge is 0.495 e. The molecule has 0 aliphatic carbocycles. The Morgan fingerprint density at radius 2 is 2.00 bits per heavy atom. The molecule has 0 saturated heterocycles. The summed E-state index contributed by atoms with van der Waals surface area (Å²) in [4.78, 5) is 12.7. The van der Waals surface area contributed by atoms with E-state index in [1.807, 2.05) is 32.0 Å². The molecule has 3 rings (SSSR count). The topological polar surface area (TPSA) is 82.2 Å². The van der Waals surface area contributed by atoms with E-state index in [-0.39, 0.29) is 17.3 Å². The van der Waals surface area contributed by atoms with Gasteiger partial charge in [-0.3, -0.25) is 4.79 Å². The molecule has 0 fully saturated rings. The number of amides is 1. The molecule has 6 nitrogen and oxygen atoms in total. The summed E-state index contributed by atoms with van der Waals surface area (Å²) < 4.78 is 6.81. The Morgan fingerprint density at radius 3 is 2.73 bits per heavy atom. The van der Waals surface area contributed by atoms with Crippen LogP contribution in [0.2, 0.25) is 5.02 Å². The van der Waals surface area contributed by atoms with Gasteiger partial charge in [-0.2, -0.15) is 5.10 Å². The van der Waals surface area contributed by atoms with Gasteiger partial charge in [-0.25, -0.2) is 4.68 Å². The molecule has 1 amide bonds. The molecule has 1 heterocycles. The van der Waals surface area contributed by atoms with Crippen LogP contribution in [0.1, 0.15) is 21.5 Å². The minimum absolute atomic E-state index is 0.268. The molecular formula is C19H19ClN4O2. The molecule has 134 valence electrons. The van der Waals surface area contributed by atoms with Crippen molar-refractivity contribution in [2.24, 2.45) is 0 Å². The zero-order chi connectivity index (χ0) is 18.8. The van der Waals surface area contributed by atoms with Gasteiger partial charge in [-0.05, 0) is 43.2 Å². The number of methoxy groups -OCH3 is 1. The fourth-order valence-corrected chi connectivity index (χ4v) is 2.79. The lowest BCUT2D eigenvalue weighted by Crippen LogP contribution is -2.15. The van der Waals surface area contributed by atoms with E-state index < -0.39 is 0 Å². The third-order valence-corrected chi connectivity index (χ3v) is 4.29. The first-order valence-corrected chi connectivity index (χ1v) is 8.34. The van der Waals surface area contributed by atoms with Crippen molar-refractivity contribution in [1.82, 2.24) is 9.78 Å². The van der Waals surface area contributed by atoms with Gasteiger partial charge in [-0.15, -0.1) is 0 Å². The third kappa shape index (κ3) is 3.36. The van der Waals surface area contributed by atoms with Crippen molar-refractivity contribution >= 4 is 29.0 Å². The molecule has 7 heteroatoms. The van der Waals surface area contributed by atoms with E-state index in [4.69, 9.17) is 22.1 Å². The van der Waals surface area contributed by atoms with Crippen molar-refractivity contribution in [1.29, 1.82) is 0 Å². The Hall–Kier alpha value is -2.99. The molecule has 2 aromatic carbocycles. The molecule has 1 aromatic heterocycles. The van der Waals surface area contributed by atoms with Crippen LogP contribution in [-0.2, 0) is 0 Å². The van der Waals surface area contributed by atoms with Gasteiger partial charge >= 0.3 is 0 Å². The predicted molar refractivity (Wildman–Crippen MR) is 103 cm³/mol. The van der Waals surface area contributed by atoms with E-state index >= 15 is 0 Å². The average molecular weight is 371 g/mol. The van der Waals surface area contributed by atoms with Gasteiger partial charge in [0.1, 0.15) is 17.1 Å². The quantitative estimate of drug-likeness (QED) is 0.727. The number of halogens is 1. The minimum Gasteiger partial charge on any atom is -0.495 e. The first-order valence-electron chi connectivity index (χ1n) is 7.96. The fourth-order valence-electron chi connectivity index (χ4n) is 2.63. The van der Waals surface area contributed by atoms with E-state index in [1.165, 1.54) is 13.3 Å². The second-order valence-corrected chi connectivity index (χ2v) is 6.38. The van der Waals surface area contributed by atoms with Crippen LogP contribution in [0.15, 0.2) is 42.6 Å². The van der Waals surface area contributed by atoms with Gasteiger partial charge in [-0.1, -0.05) is 23.7 Å². The number of hydrogen-bond acceptors (Lipinski definition) is 4. The predicted octanol–water partition coefficient (Wildman–Crippen LogP) is 3.99.